The number of aldehydes is 1. The van der Waals surface area contributed by atoms with E-state index in [2.05, 4.69) is 20.6 Å². The van der Waals surface area contributed by atoms with Crippen LogP contribution < -0.4 is 29.6 Å². The second-order valence-corrected chi connectivity index (χ2v) is 4.02. The Kier molecular flexibility index (Phi) is 4.79. The van der Waals surface area contributed by atoms with Crippen molar-refractivity contribution in [2.45, 2.75) is 0 Å². The first-order valence-corrected chi connectivity index (χ1v) is 5.77. The normalized spacial score (nSPS) is 9.80. The molecule has 94 valence electrons. The summed E-state index contributed by atoms with van der Waals surface area (Å²) in [5.74, 6) is 0.551. The summed E-state index contributed by atoms with van der Waals surface area (Å²) in [5, 5.41) is 14.0. The number of nitrogens with one attached hydrogen (secondary N) is 1. The minimum absolute atomic E-state index is 0. The first-order valence-electron chi connectivity index (χ1n) is 5.77. The smallest absolute Gasteiger partial charge is 1.00 e. The molecule has 2 aromatic carbocycles. The molecular weight excluding hydrogens is 263 g/mol. The Bertz CT molecular complexity index is 701. The zero-order valence-corrected chi connectivity index (χ0v) is 12.9. The number of aromatic nitrogens is 4. The van der Waals surface area contributed by atoms with Gasteiger partial charge in [-0.15, -0.1) is 10.2 Å². The first-order chi connectivity index (χ1) is 9.38. The van der Waals surface area contributed by atoms with Crippen molar-refractivity contribution < 1.29 is 35.8 Å². The molecule has 3 rings (SSSR count). The van der Waals surface area contributed by atoms with E-state index < -0.39 is 0 Å². The van der Waals surface area contributed by atoms with Gasteiger partial charge in [-0.2, -0.15) is 5.21 Å². The molecular formula is C14H11N4NaO. The van der Waals surface area contributed by atoms with Gasteiger partial charge in [-0.05, 0) is 16.3 Å². The van der Waals surface area contributed by atoms with Gasteiger partial charge in [0.25, 0.3) is 0 Å². The van der Waals surface area contributed by atoms with E-state index >= 15 is 0 Å². The molecule has 0 saturated carbocycles. The Morgan fingerprint density at radius 3 is 2.30 bits per heavy atom. The third-order valence-electron chi connectivity index (χ3n) is 2.87. The molecule has 0 aliphatic heterocycles. The van der Waals surface area contributed by atoms with E-state index in [1.807, 2.05) is 36.4 Å². The van der Waals surface area contributed by atoms with Gasteiger partial charge in [-0.3, -0.25) is 4.79 Å². The van der Waals surface area contributed by atoms with Crippen molar-refractivity contribution >= 4 is 6.29 Å². The molecule has 0 fully saturated rings. The van der Waals surface area contributed by atoms with E-state index in [0.29, 0.717) is 11.4 Å². The molecule has 6 heteroatoms. The Labute approximate surface area is 139 Å². The fourth-order valence-corrected chi connectivity index (χ4v) is 1.95. The zero-order chi connectivity index (χ0) is 13.1. The standard InChI is InChI=1S/C14H10N4O.Na.H/c19-9-10-5-7-11(8-6-10)12-3-1-2-4-13(12)14-15-17-18-16-14;;/h1-9H,(H,15,16,17,18);;/q;+1;-1. The topological polar surface area (TPSA) is 71.5 Å². The predicted octanol–water partition coefficient (Wildman–Crippen LogP) is -0.537. The van der Waals surface area contributed by atoms with Crippen LogP contribution >= 0.6 is 0 Å². The second kappa shape index (κ2) is 6.56. The summed E-state index contributed by atoms with van der Waals surface area (Å²) in [7, 11) is 0. The van der Waals surface area contributed by atoms with Crippen LogP contribution in [0.3, 0.4) is 0 Å². The van der Waals surface area contributed by atoms with Gasteiger partial charge in [0.05, 0.1) is 0 Å². The Balaban J connectivity index is 0.00000110. The van der Waals surface area contributed by atoms with Crippen molar-refractivity contribution in [1.29, 1.82) is 0 Å². The molecule has 0 unspecified atom stereocenters. The van der Waals surface area contributed by atoms with Crippen LogP contribution in [0.5, 0.6) is 0 Å². The Hall–Kier alpha value is -1.82. The molecule has 5 nitrogen and oxygen atoms in total. The molecule has 1 heterocycles. The van der Waals surface area contributed by atoms with Crippen molar-refractivity contribution in [3.63, 3.8) is 0 Å². The third-order valence-corrected chi connectivity index (χ3v) is 2.87. The summed E-state index contributed by atoms with van der Waals surface area (Å²) in [6, 6.07) is 15.2. The van der Waals surface area contributed by atoms with Gasteiger partial charge in [-0.1, -0.05) is 48.5 Å². The van der Waals surface area contributed by atoms with Gasteiger partial charge in [0.1, 0.15) is 6.29 Å². The minimum atomic E-state index is 0. The maximum Gasteiger partial charge on any atom is 1.00 e. The quantitative estimate of drug-likeness (QED) is 0.514. The molecule has 20 heavy (non-hydrogen) atoms. The number of aromatic amines is 1. The number of hydrogen-bond donors (Lipinski definition) is 1. The van der Waals surface area contributed by atoms with Crippen LogP contribution in [0.15, 0.2) is 48.5 Å². The van der Waals surface area contributed by atoms with Gasteiger partial charge in [-0.25, -0.2) is 0 Å². The second-order valence-electron chi connectivity index (χ2n) is 4.02. The monoisotopic (exact) mass is 274 g/mol. The van der Waals surface area contributed by atoms with Gasteiger partial charge < -0.3 is 1.43 Å². The van der Waals surface area contributed by atoms with Crippen molar-refractivity contribution in [2.75, 3.05) is 0 Å². The van der Waals surface area contributed by atoms with E-state index in [-0.39, 0.29) is 31.0 Å². The van der Waals surface area contributed by atoms with Crippen molar-refractivity contribution in [3.05, 3.63) is 54.1 Å². The number of carbonyl (C=O) groups is 1. The van der Waals surface area contributed by atoms with Crippen molar-refractivity contribution in [3.8, 4) is 22.5 Å². The average molecular weight is 274 g/mol. The fourth-order valence-electron chi connectivity index (χ4n) is 1.95. The number of tetrazole rings is 1. The van der Waals surface area contributed by atoms with E-state index in [9.17, 15) is 4.79 Å². The van der Waals surface area contributed by atoms with Gasteiger partial charge >= 0.3 is 29.6 Å². The van der Waals surface area contributed by atoms with E-state index in [4.69, 9.17) is 0 Å². The van der Waals surface area contributed by atoms with Crippen LogP contribution in [0.25, 0.3) is 22.5 Å². The molecule has 1 aromatic heterocycles. The van der Waals surface area contributed by atoms with Crippen LogP contribution in [-0.4, -0.2) is 26.9 Å². The number of rotatable bonds is 3. The molecule has 0 saturated heterocycles. The molecule has 0 radical (unpaired) electrons. The van der Waals surface area contributed by atoms with Crippen molar-refractivity contribution in [2.24, 2.45) is 0 Å². The van der Waals surface area contributed by atoms with Crippen LogP contribution in [-0.2, 0) is 0 Å². The average Bonchev–Trinajstić information content (AvgIpc) is 3.01. The zero-order valence-electron chi connectivity index (χ0n) is 11.9. The van der Waals surface area contributed by atoms with Crippen LogP contribution in [0, 0.1) is 0 Å². The molecule has 0 atom stereocenters. The van der Waals surface area contributed by atoms with E-state index in [1.165, 1.54) is 0 Å². The summed E-state index contributed by atoms with van der Waals surface area (Å²) in [4.78, 5) is 10.7. The fraction of sp³-hybridized carbons (Fsp3) is 0. The summed E-state index contributed by atoms with van der Waals surface area (Å²) >= 11 is 0. The maximum absolute atomic E-state index is 10.7. The number of hydrogen-bond acceptors (Lipinski definition) is 4. The van der Waals surface area contributed by atoms with Gasteiger partial charge in [0, 0.05) is 11.1 Å². The SMILES string of the molecule is O=Cc1ccc(-c2ccccc2-c2nn[nH]n2)cc1.[H-].[Na+]. The van der Waals surface area contributed by atoms with Crippen LogP contribution in [0.4, 0.5) is 0 Å². The number of nitrogens with zero attached hydrogens (tertiary/aromatic N) is 3. The number of carbonyl (C=O) groups excluding carboxylic acids is 1. The first kappa shape index (κ1) is 14.6. The summed E-state index contributed by atoms with van der Waals surface area (Å²) in [5.41, 5.74) is 3.56. The van der Waals surface area contributed by atoms with Crippen molar-refractivity contribution in [1.82, 2.24) is 20.6 Å². The summed E-state index contributed by atoms with van der Waals surface area (Å²) in [6.07, 6.45) is 0.828. The third kappa shape index (κ3) is 2.85. The van der Waals surface area contributed by atoms with Crippen LogP contribution in [0.2, 0.25) is 0 Å². The molecule has 0 spiro atoms. The predicted molar refractivity (Wildman–Crippen MR) is 71.5 cm³/mol. The minimum Gasteiger partial charge on any atom is -1.00 e. The molecule has 0 aliphatic rings. The largest absolute Gasteiger partial charge is 1.00 e. The number of H-pyrrole nitrogens is 1. The maximum atomic E-state index is 10.7. The van der Waals surface area contributed by atoms with Crippen LogP contribution in [0.1, 0.15) is 11.8 Å². The molecule has 0 aliphatic carbocycles. The summed E-state index contributed by atoms with van der Waals surface area (Å²) < 4.78 is 0. The molecule has 0 bridgehead atoms. The number of benzene rings is 2. The molecule has 3 aromatic rings. The molecule has 1 N–H and O–H groups in total. The molecule has 0 amide bonds. The van der Waals surface area contributed by atoms with E-state index in [0.717, 1.165) is 23.0 Å². The summed E-state index contributed by atoms with van der Waals surface area (Å²) in [6.45, 7) is 0. The Morgan fingerprint density at radius 2 is 1.70 bits per heavy atom. The van der Waals surface area contributed by atoms with Gasteiger partial charge in [0.15, 0.2) is 0 Å². The van der Waals surface area contributed by atoms with Gasteiger partial charge in [0.2, 0.25) is 5.82 Å². The van der Waals surface area contributed by atoms with E-state index in [1.54, 1.807) is 12.1 Å². The Morgan fingerprint density at radius 1 is 1.00 bits per heavy atom.